The van der Waals surface area contributed by atoms with Crippen molar-refractivity contribution in [3.05, 3.63) is 58.7 Å². The van der Waals surface area contributed by atoms with Crippen molar-refractivity contribution < 1.29 is 14.3 Å². The smallest absolute Gasteiger partial charge is 0.319 e. The van der Waals surface area contributed by atoms with Crippen LogP contribution in [0.5, 0.6) is 11.5 Å². The van der Waals surface area contributed by atoms with E-state index in [0.717, 1.165) is 32.5 Å². The summed E-state index contributed by atoms with van der Waals surface area (Å²) in [4.78, 5) is 16.9. The Labute approximate surface area is 199 Å². The highest BCUT2D eigenvalue weighted by atomic mass is 32.1. The highest BCUT2D eigenvalue weighted by Gasteiger charge is 2.29. The Morgan fingerprint density at radius 3 is 2.42 bits per heavy atom. The number of anilines is 1. The molecule has 1 atom stereocenters. The van der Waals surface area contributed by atoms with E-state index < -0.39 is 0 Å². The van der Waals surface area contributed by atoms with Gasteiger partial charge < -0.3 is 24.7 Å². The van der Waals surface area contributed by atoms with Crippen LogP contribution < -0.4 is 20.1 Å². The van der Waals surface area contributed by atoms with Crippen molar-refractivity contribution >= 4 is 23.1 Å². The molecule has 176 valence electrons. The minimum absolute atomic E-state index is 0.0944. The zero-order valence-corrected chi connectivity index (χ0v) is 20.5. The number of carbonyl (C=O) groups is 1. The number of likely N-dealkylation sites (N-methyl/N-ethyl adjacent to an activating group) is 1. The van der Waals surface area contributed by atoms with Gasteiger partial charge in [-0.15, -0.1) is 11.3 Å². The summed E-state index contributed by atoms with van der Waals surface area (Å²) >= 11 is 1.84. The molecule has 2 amide bonds. The molecule has 33 heavy (non-hydrogen) atoms. The minimum atomic E-state index is -0.249. The molecule has 0 spiro atoms. The zero-order chi connectivity index (χ0) is 23.4. The number of carbonyl (C=O) groups excluding carboxylic acids is 1. The van der Waals surface area contributed by atoms with Crippen molar-refractivity contribution in [3.8, 4) is 16.5 Å². The number of hydrogen-bond acceptors (Lipinski definition) is 5. The number of rotatable bonds is 8. The predicted molar refractivity (Wildman–Crippen MR) is 133 cm³/mol. The van der Waals surface area contributed by atoms with Crippen molar-refractivity contribution in [3.63, 3.8) is 0 Å². The standard InChI is InChI=1S/C25H32N4O3S/c1-5-21(27-25(30)26-17-13-18(31-3)15-19(14-17)32-4)23-20-9-12-28(6-2)16-22(20)33-24(23)29-10-7-8-11-29/h7-8,10-11,13-15,21H,5-6,9,12,16H2,1-4H3,(H2,26,27,30)/t21-/m1/s1. The molecule has 1 aliphatic rings. The number of ether oxygens (including phenoxy) is 2. The minimum Gasteiger partial charge on any atom is -0.497 e. The summed E-state index contributed by atoms with van der Waals surface area (Å²) in [6.07, 6.45) is 5.95. The van der Waals surface area contributed by atoms with Gasteiger partial charge in [0.2, 0.25) is 0 Å². The first kappa shape index (κ1) is 23.2. The van der Waals surface area contributed by atoms with E-state index in [9.17, 15) is 4.79 Å². The summed E-state index contributed by atoms with van der Waals surface area (Å²) in [7, 11) is 3.18. The lowest BCUT2D eigenvalue weighted by Gasteiger charge is -2.27. The van der Waals surface area contributed by atoms with E-state index in [1.54, 1.807) is 32.4 Å². The fourth-order valence-corrected chi connectivity index (χ4v) is 5.76. The largest absolute Gasteiger partial charge is 0.497 e. The molecule has 0 saturated heterocycles. The van der Waals surface area contributed by atoms with Gasteiger partial charge in [-0.3, -0.25) is 4.90 Å². The highest BCUT2D eigenvalue weighted by Crippen LogP contribution is 2.40. The molecule has 0 saturated carbocycles. The molecular weight excluding hydrogens is 436 g/mol. The van der Waals surface area contributed by atoms with E-state index >= 15 is 0 Å². The molecule has 8 heteroatoms. The van der Waals surface area contributed by atoms with Crippen molar-refractivity contribution in [2.45, 2.75) is 39.3 Å². The van der Waals surface area contributed by atoms with Gasteiger partial charge in [0.1, 0.15) is 16.5 Å². The van der Waals surface area contributed by atoms with Gasteiger partial charge >= 0.3 is 6.03 Å². The number of aromatic nitrogens is 1. The molecule has 3 aromatic rings. The predicted octanol–water partition coefficient (Wildman–Crippen LogP) is 5.21. The van der Waals surface area contributed by atoms with Crippen molar-refractivity contribution in [1.29, 1.82) is 0 Å². The number of hydrogen-bond donors (Lipinski definition) is 2. The van der Waals surface area contributed by atoms with Crippen LogP contribution in [0.3, 0.4) is 0 Å². The van der Waals surface area contributed by atoms with E-state index in [-0.39, 0.29) is 12.1 Å². The summed E-state index contributed by atoms with van der Waals surface area (Å²) in [6.45, 7) is 7.39. The Kier molecular flexibility index (Phi) is 7.25. The Morgan fingerprint density at radius 2 is 1.82 bits per heavy atom. The van der Waals surface area contributed by atoms with Crippen molar-refractivity contribution in [1.82, 2.24) is 14.8 Å². The maximum Gasteiger partial charge on any atom is 0.319 e. The van der Waals surface area contributed by atoms with E-state index in [0.29, 0.717) is 17.2 Å². The van der Waals surface area contributed by atoms with E-state index in [1.165, 1.54) is 21.0 Å². The Bertz CT molecular complexity index is 1070. The second-order valence-electron chi connectivity index (χ2n) is 8.09. The fraction of sp³-hybridized carbons (Fsp3) is 0.400. The lowest BCUT2D eigenvalue weighted by atomic mass is 9.96. The number of benzene rings is 1. The van der Waals surface area contributed by atoms with E-state index in [4.69, 9.17) is 9.47 Å². The third kappa shape index (κ3) is 5.02. The van der Waals surface area contributed by atoms with Crippen LogP contribution in [0.4, 0.5) is 10.5 Å². The summed E-state index contributed by atoms with van der Waals surface area (Å²) < 4.78 is 12.8. The number of fused-ring (bicyclic) bond motifs is 1. The first-order chi connectivity index (χ1) is 16.1. The molecule has 2 N–H and O–H groups in total. The summed E-state index contributed by atoms with van der Waals surface area (Å²) in [5, 5.41) is 7.36. The topological polar surface area (TPSA) is 67.8 Å². The normalized spacial score (nSPS) is 14.4. The second-order valence-corrected chi connectivity index (χ2v) is 9.18. The fourth-order valence-electron chi connectivity index (χ4n) is 4.34. The monoisotopic (exact) mass is 468 g/mol. The van der Waals surface area contributed by atoms with Crippen LogP contribution in [-0.2, 0) is 13.0 Å². The number of methoxy groups -OCH3 is 2. The van der Waals surface area contributed by atoms with Gasteiger partial charge in [-0.1, -0.05) is 13.8 Å². The average molecular weight is 469 g/mol. The van der Waals surface area contributed by atoms with Crippen LogP contribution in [0.2, 0.25) is 0 Å². The number of nitrogens with one attached hydrogen (secondary N) is 2. The summed E-state index contributed by atoms with van der Waals surface area (Å²) in [5.41, 5.74) is 3.25. The van der Waals surface area contributed by atoms with Gasteiger partial charge in [0.25, 0.3) is 0 Å². The Morgan fingerprint density at radius 1 is 1.12 bits per heavy atom. The molecule has 3 heterocycles. The molecule has 1 aliphatic heterocycles. The molecule has 0 unspecified atom stereocenters. The van der Waals surface area contributed by atoms with Crippen molar-refractivity contribution in [2.75, 3.05) is 32.6 Å². The maximum absolute atomic E-state index is 13.0. The van der Waals surface area contributed by atoms with Gasteiger partial charge in [-0.2, -0.15) is 0 Å². The molecular formula is C25H32N4O3S. The van der Waals surface area contributed by atoms with Crippen LogP contribution in [0.15, 0.2) is 42.7 Å². The van der Waals surface area contributed by atoms with Crippen molar-refractivity contribution in [2.24, 2.45) is 0 Å². The number of urea groups is 1. The Balaban J connectivity index is 1.61. The average Bonchev–Trinajstić information content (AvgIpc) is 3.49. The third-order valence-electron chi connectivity index (χ3n) is 6.11. The molecule has 4 rings (SSSR count). The molecule has 7 nitrogen and oxygen atoms in total. The van der Waals surface area contributed by atoms with Gasteiger partial charge in [-0.05, 0) is 37.1 Å². The summed E-state index contributed by atoms with van der Waals surface area (Å²) in [6, 6.07) is 9.07. The van der Waals surface area contributed by atoms with Gasteiger partial charge in [0, 0.05) is 59.8 Å². The molecule has 1 aromatic carbocycles. The number of thiophene rings is 1. The van der Waals surface area contributed by atoms with Crippen LogP contribution >= 0.6 is 11.3 Å². The lowest BCUT2D eigenvalue weighted by Crippen LogP contribution is -2.34. The van der Waals surface area contributed by atoms with E-state index in [1.807, 2.05) is 23.5 Å². The zero-order valence-electron chi connectivity index (χ0n) is 19.7. The van der Waals surface area contributed by atoms with Crippen LogP contribution in [0, 0.1) is 0 Å². The molecule has 2 aromatic heterocycles. The van der Waals surface area contributed by atoms with Gasteiger partial charge in [0.05, 0.1) is 20.3 Å². The molecule has 0 radical (unpaired) electrons. The van der Waals surface area contributed by atoms with E-state index in [2.05, 4.69) is 46.3 Å². The van der Waals surface area contributed by atoms with Gasteiger partial charge in [0.15, 0.2) is 0 Å². The summed E-state index contributed by atoms with van der Waals surface area (Å²) in [5.74, 6) is 1.25. The molecule has 0 bridgehead atoms. The van der Waals surface area contributed by atoms with Crippen LogP contribution in [0.25, 0.3) is 5.00 Å². The number of nitrogens with zero attached hydrogens (tertiary/aromatic N) is 2. The second kappa shape index (κ2) is 10.3. The first-order valence-electron chi connectivity index (χ1n) is 11.4. The third-order valence-corrected chi connectivity index (χ3v) is 7.36. The highest BCUT2D eigenvalue weighted by molar-refractivity contribution is 7.15. The van der Waals surface area contributed by atoms with Gasteiger partial charge in [-0.25, -0.2) is 4.79 Å². The van der Waals surface area contributed by atoms with Crippen LogP contribution in [-0.4, -0.2) is 42.8 Å². The first-order valence-corrected chi connectivity index (χ1v) is 12.2. The molecule has 0 fully saturated rings. The number of amides is 2. The van der Waals surface area contributed by atoms with Crippen LogP contribution in [0.1, 0.15) is 42.3 Å². The Hall–Kier alpha value is -2.97. The molecule has 0 aliphatic carbocycles. The SMILES string of the molecule is CC[C@@H](NC(=O)Nc1cc(OC)cc(OC)c1)c1c(-n2cccc2)sc2c1CCN(CC)C2. The quantitative estimate of drug-likeness (QED) is 0.476. The lowest BCUT2D eigenvalue weighted by molar-refractivity contribution is 0.247. The maximum atomic E-state index is 13.0.